The topological polar surface area (TPSA) is 52.6 Å². The third kappa shape index (κ3) is 8.54. The highest BCUT2D eigenvalue weighted by Gasteiger charge is 2.45. The molecule has 3 aliphatic rings. The quantitative estimate of drug-likeness (QED) is 0.0490. The van der Waals surface area contributed by atoms with E-state index in [-0.39, 0.29) is 11.8 Å². The maximum atomic E-state index is 13.9. The Morgan fingerprint density at radius 2 is 0.882 bits per heavy atom. The summed E-state index contributed by atoms with van der Waals surface area (Å²) < 4.78 is 52.4. The van der Waals surface area contributed by atoms with Crippen LogP contribution in [0.4, 0.5) is 13.2 Å². The van der Waals surface area contributed by atoms with Crippen LogP contribution in [0.5, 0.6) is 0 Å². The zero-order valence-electron chi connectivity index (χ0n) is 39.4. The molecular formula is C61H59F3O4. The zero-order chi connectivity index (χ0) is 47.8. The molecule has 0 radical (unpaired) electrons. The number of unbranched alkanes of at least 4 members (excludes halogenated alkanes) is 4. The van der Waals surface area contributed by atoms with Crippen LogP contribution >= 0.6 is 0 Å². The average Bonchev–Trinajstić information content (AvgIpc) is 3.86. The van der Waals surface area contributed by atoms with Gasteiger partial charge in [0.2, 0.25) is 0 Å². The molecule has 68 heavy (non-hydrogen) atoms. The first-order chi connectivity index (χ1) is 32.7. The number of hydrogen-bond acceptors (Lipinski definition) is 4. The normalized spacial score (nSPS) is 16.4. The number of halogens is 3. The van der Waals surface area contributed by atoms with Gasteiger partial charge in [-0.1, -0.05) is 157 Å². The van der Waals surface area contributed by atoms with Crippen LogP contribution in [-0.2, 0) is 35.3 Å². The van der Waals surface area contributed by atoms with Crippen molar-refractivity contribution < 1.29 is 32.2 Å². The van der Waals surface area contributed by atoms with Crippen LogP contribution in [0.1, 0.15) is 118 Å². The minimum Gasteiger partial charge on any atom is -0.463 e. The fourth-order valence-electron chi connectivity index (χ4n) is 11.7. The third-order valence-corrected chi connectivity index (χ3v) is 15.3. The van der Waals surface area contributed by atoms with Crippen LogP contribution in [0, 0.1) is 0 Å². The monoisotopic (exact) mass is 912 g/mol. The molecule has 3 aliphatic carbocycles. The van der Waals surface area contributed by atoms with Crippen molar-refractivity contribution in [1.29, 1.82) is 0 Å². The first kappa shape index (κ1) is 46.6. The minimum atomic E-state index is -4.27. The van der Waals surface area contributed by atoms with Crippen molar-refractivity contribution >= 4 is 11.9 Å². The Kier molecular flexibility index (Phi) is 12.7. The largest absolute Gasteiger partial charge is 0.463 e. The number of rotatable bonds is 18. The van der Waals surface area contributed by atoms with Crippen molar-refractivity contribution in [3.05, 3.63) is 180 Å². The van der Waals surface area contributed by atoms with E-state index in [0.717, 1.165) is 90.3 Å². The second kappa shape index (κ2) is 18.6. The Morgan fingerprint density at radius 3 is 1.37 bits per heavy atom. The van der Waals surface area contributed by atoms with Crippen molar-refractivity contribution in [2.75, 3.05) is 13.2 Å². The SMILES string of the molecule is C=CC(=O)OCCCCCC1(CCCCCOC(=O)C=C)c2cc(-c3ccc4c(c3)C(C)(C)c3ccccc3-4)ccc2-c2ccc(-c3ccc4c(c3)C(C)(CCC(F)(F)F)c3ccccc3-4)cc21. The van der Waals surface area contributed by atoms with Crippen LogP contribution in [0.3, 0.4) is 0 Å². The lowest BCUT2D eigenvalue weighted by Gasteiger charge is -2.33. The summed E-state index contributed by atoms with van der Waals surface area (Å²) >= 11 is 0. The molecule has 0 fully saturated rings. The molecule has 1 unspecified atom stereocenters. The van der Waals surface area contributed by atoms with E-state index in [1.165, 1.54) is 62.2 Å². The lowest BCUT2D eigenvalue weighted by atomic mass is 9.70. The smallest absolute Gasteiger partial charge is 0.389 e. The van der Waals surface area contributed by atoms with Crippen molar-refractivity contribution in [2.24, 2.45) is 0 Å². The van der Waals surface area contributed by atoms with E-state index in [1.54, 1.807) is 0 Å². The van der Waals surface area contributed by atoms with Crippen LogP contribution in [-0.4, -0.2) is 31.3 Å². The Bertz CT molecular complexity index is 2910. The van der Waals surface area contributed by atoms with Gasteiger partial charge < -0.3 is 9.47 Å². The molecule has 1 atom stereocenters. The van der Waals surface area contributed by atoms with Crippen molar-refractivity contribution in [1.82, 2.24) is 0 Å². The van der Waals surface area contributed by atoms with Gasteiger partial charge in [-0.3, -0.25) is 0 Å². The van der Waals surface area contributed by atoms with Crippen LogP contribution in [0.2, 0.25) is 0 Å². The predicted octanol–water partition coefficient (Wildman–Crippen LogP) is 15.8. The molecule has 6 aromatic rings. The highest BCUT2D eigenvalue weighted by molar-refractivity contribution is 5.89. The summed E-state index contributed by atoms with van der Waals surface area (Å²) in [6.45, 7) is 14.3. The number of ether oxygens (including phenoxy) is 2. The Morgan fingerprint density at radius 1 is 0.485 bits per heavy atom. The van der Waals surface area contributed by atoms with Gasteiger partial charge in [-0.2, -0.15) is 13.2 Å². The van der Waals surface area contributed by atoms with Crippen LogP contribution in [0.15, 0.2) is 147 Å². The summed E-state index contributed by atoms with van der Waals surface area (Å²) in [5.41, 5.74) is 16.9. The summed E-state index contributed by atoms with van der Waals surface area (Å²) in [6.07, 6.45) is 3.84. The Labute approximate surface area is 398 Å². The van der Waals surface area contributed by atoms with Crippen LogP contribution in [0.25, 0.3) is 55.6 Å². The van der Waals surface area contributed by atoms with Crippen LogP contribution < -0.4 is 0 Å². The van der Waals surface area contributed by atoms with E-state index in [9.17, 15) is 22.8 Å². The standard InChI is InChI=1S/C61H59F3O4/c1-6-56(65)67-34-16-8-14-30-60(31-15-9-17-35-68-57(66)7-2)54-38-42(40-22-26-46-44-18-10-12-20-50(44)58(3,4)52(46)36-40)24-28-48(54)49-29-25-43(39-55(49)60)41-23-27-47-45-19-11-13-21-51(45)59(5,53(47)37-41)32-33-61(62,63)64/h6-7,10-13,18-29,36-39H,1-2,8-9,14-17,30-35H2,3-5H3. The summed E-state index contributed by atoms with van der Waals surface area (Å²) in [7, 11) is 0. The Balaban J connectivity index is 1.13. The lowest BCUT2D eigenvalue weighted by molar-refractivity contribution is -0.138. The molecular weight excluding hydrogens is 854 g/mol. The minimum absolute atomic E-state index is 0.0386. The second-order valence-corrected chi connectivity index (χ2v) is 19.7. The number of alkyl halides is 3. The maximum Gasteiger partial charge on any atom is 0.389 e. The number of carbonyl (C=O) groups is 2. The third-order valence-electron chi connectivity index (χ3n) is 15.3. The van der Waals surface area contributed by atoms with Gasteiger partial charge in [-0.25, -0.2) is 9.59 Å². The molecule has 0 aromatic heterocycles. The molecule has 0 bridgehead atoms. The maximum absolute atomic E-state index is 13.9. The molecule has 4 nitrogen and oxygen atoms in total. The van der Waals surface area contributed by atoms with Gasteiger partial charge in [0.25, 0.3) is 0 Å². The van der Waals surface area contributed by atoms with E-state index >= 15 is 0 Å². The summed E-state index contributed by atoms with van der Waals surface area (Å²) in [4.78, 5) is 23.8. The number of fused-ring (bicyclic) bond motifs is 9. The molecule has 7 heteroatoms. The fraction of sp³-hybridized carbons (Fsp3) is 0.311. The number of benzene rings is 6. The first-order valence-electron chi connectivity index (χ1n) is 24.1. The molecule has 348 valence electrons. The molecule has 0 spiro atoms. The molecule has 0 saturated carbocycles. The molecule has 9 rings (SSSR count). The van der Waals surface area contributed by atoms with Crippen molar-refractivity contribution in [3.63, 3.8) is 0 Å². The zero-order valence-corrected chi connectivity index (χ0v) is 39.4. The predicted molar refractivity (Wildman–Crippen MR) is 268 cm³/mol. The van der Waals surface area contributed by atoms with Crippen molar-refractivity contribution in [3.8, 4) is 55.6 Å². The molecule has 0 aliphatic heterocycles. The highest BCUT2D eigenvalue weighted by atomic mass is 19.4. The van der Waals surface area contributed by atoms with Crippen molar-refractivity contribution in [2.45, 2.75) is 107 Å². The fourth-order valence-corrected chi connectivity index (χ4v) is 11.7. The van der Waals surface area contributed by atoms with Gasteiger partial charge in [0, 0.05) is 34.8 Å². The van der Waals surface area contributed by atoms with E-state index in [1.807, 2.05) is 31.2 Å². The number of carbonyl (C=O) groups excluding carboxylic acids is 2. The highest BCUT2D eigenvalue weighted by Crippen LogP contribution is 2.58. The lowest BCUT2D eigenvalue weighted by Crippen LogP contribution is -2.26. The molecule has 6 aromatic carbocycles. The summed E-state index contributed by atoms with van der Waals surface area (Å²) in [5.74, 6) is -0.845. The molecule has 0 heterocycles. The van der Waals surface area contributed by atoms with Gasteiger partial charge in [-0.15, -0.1) is 0 Å². The van der Waals surface area contributed by atoms with E-state index in [0.29, 0.717) is 13.2 Å². The number of esters is 2. The Hall–Kier alpha value is -6.47. The van der Waals surface area contributed by atoms with E-state index in [2.05, 4.69) is 124 Å². The van der Waals surface area contributed by atoms with Gasteiger partial charge in [0.05, 0.1) is 13.2 Å². The van der Waals surface area contributed by atoms with Gasteiger partial charge >= 0.3 is 18.1 Å². The summed E-state index contributed by atoms with van der Waals surface area (Å²) in [5, 5.41) is 0. The average molecular weight is 913 g/mol. The molecule has 0 amide bonds. The summed E-state index contributed by atoms with van der Waals surface area (Å²) in [6, 6.07) is 43.6. The van der Waals surface area contributed by atoms with Gasteiger partial charge in [0.15, 0.2) is 0 Å². The van der Waals surface area contributed by atoms with Gasteiger partial charge in [0.1, 0.15) is 0 Å². The number of hydrogen-bond donors (Lipinski definition) is 0. The molecule has 0 N–H and O–H groups in total. The first-order valence-corrected chi connectivity index (χ1v) is 24.1. The molecule has 0 saturated heterocycles. The van der Waals surface area contributed by atoms with E-state index in [4.69, 9.17) is 9.47 Å². The second-order valence-electron chi connectivity index (χ2n) is 19.7. The van der Waals surface area contributed by atoms with Gasteiger partial charge in [-0.05, 0) is 145 Å². The van der Waals surface area contributed by atoms with E-state index < -0.39 is 35.4 Å².